The Bertz CT molecular complexity index is 176. The first-order valence-electron chi connectivity index (χ1n) is 3.11. The van der Waals surface area contributed by atoms with Crippen molar-refractivity contribution >= 4 is 11.6 Å². The zero-order valence-electron chi connectivity index (χ0n) is 5.43. The average molecular weight is 162 g/mol. The van der Waals surface area contributed by atoms with Crippen molar-refractivity contribution in [2.24, 2.45) is 5.73 Å². The van der Waals surface area contributed by atoms with Gasteiger partial charge in [0.15, 0.2) is 0 Å². The second-order valence-electron chi connectivity index (χ2n) is 2.18. The van der Waals surface area contributed by atoms with Crippen molar-refractivity contribution in [3.8, 4) is 0 Å². The molecule has 1 aliphatic rings. The molecule has 0 aliphatic heterocycles. The smallest absolute Gasteiger partial charge is 0.142 e. The van der Waals surface area contributed by atoms with E-state index in [1.54, 1.807) is 18.2 Å². The summed E-state index contributed by atoms with van der Waals surface area (Å²) in [6.07, 6.45) is 3.92. The fourth-order valence-corrected chi connectivity index (χ4v) is 1.11. The third-order valence-corrected chi connectivity index (χ3v) is 1.84. The van der Waals surface area contributed by atoms with Crippen LogP contribution in [0.5, 0.6) is 0 Å². The van der Waals surface area contributed by atoms with Gasteiger partial charge in [0.05, 0.1) is 5.38 Å². The maximum Gasteiger partial charge on any atom is 0.142 e. The third-order valence-electron chi connectivity index (χ3n) is 1.47. The number of allylic oxidation sites excluding steroid dienone is 3. The summed E-state index contributed by atoms with van der Waals surface area (Å²) in [5, 5.41) is -0.538. The highest BCUT2D eigenvalue weighted by Gasteiger charge is 2.21. The van der Waals surface area contributed by atoms with Crippen LogP contribution in [0.4, 0.5) is 4.39 Å². The molecule has 1 nitrogen and oxygen atoms in total. The minimum absolute atomic E-state index is 0.245. The largest absolute Gasteiger partial charge is 0.327 e. The van der Waals surface area contributed by atoms with Crippen LogP contribution in [-0.2, 0) is 0 Å². The molecule has 0 amide bonds. The SMILES string of the molecule is NCC1=CC=CC(Cl)C1F. The molecule has 1 aliphatic carbocycles. The van der Waals surface area contributed by atoms with Crippen LogP contribution in [0.25, 0.3) is 0 Å². The maximum absolute atomic E-state index is 12.9. The van der Waals surface area contributed by atoms with E-state index in [2.05, 4.69) is 0 Å². The van der Waals surface area contributed by atoms with Crippen LogP contribution in [0.3, 0.4) is 0 Å². The van der Waals surface area contributed by atoms with Gasteiger partial charge in [-0.3, -0.25) is 0 Å². The minimum Gasteiger partial charge on any atom is -0.327 e. The lowest BCUT2D eigenvalue weighted by Gasteiger charge is -2.16. The van der Waals surface area contributed by atoms with Crippen molar-refractivity contribution < 1.29 is 4.39 Å². The summed E-state index contributed by atoms with van der Waals surface area (Å²) in [5.41, 5.74) is 5.83. The molecule has 0 saturated heterocycles. The van der Waals surface area contributed by atoms with Crippen LogP contribution in [0.1, 0.15) is 0 Å². The van der Waals surface area contributed by atoms with E-state index in [-0.39, 0.29) is 6.54 Å². The molecule has 0 aromatic heterocycles. The number of halogens is 2. The second-order valence-corrected chi connectivity index (χ2v) is 2.68. The number of hydrogen-bond donors (Lipinski definition) is 1. The molecule has 0 bridgehead atoms. The number of hydrogen-bond acceptors (Lipinski definition) is 1. The molecule has 0 radical (unpaired) electrons. The molecule has 56 valence electrons. The molecule has 10 heavy (non-hydrogen) atoms. The summed E-state index contributed by atoms with van der Waals surface area (Å²) in [6, 6.07) is 0. The van der Waals surface area contributed by atoms with Crippen molar-refractivity contribution in [3.05, 3.63) is 23.8 Å². The van der Waals surface area contributed by atoms with Gasteiger partial charge in [-0.1, -0.05) is 18.2 Å². The van der Waals surface area contributed by atoms with Crippen LogP contribution in [0.2, 0.25) is 0 Å². The Morgan fingerprint density at radius 1 is 1.70 bits per heavy atom. The van der Waals surface area contributed by atoms with Gasteiger partial charge >= 0.3 is 0 Å². The lowest BCUT2D eigenvalue weighted by Crippen LogP contribution is -2.23. The van der Waals surface area contributed by atoms with E-state index in [0.29, 0.717) is 5.57 Å². The lowest BCUT2D eigenvalue weighted by molar-refractivity contribution is 0.383. The molecule has 2 atom stereocenters. The molecule has 0 spiro atoms. The molecule has 0 fully saturated rings. The maximum atomic E-state index is 12.9. The van der Waals surface area contributed by atoms with Crippen molar-refractivity contribution in [1.29, 1.82) is 0 Å². The van der Waals surface area contributed by atoms with E-state index in [1.807, 2.05) is 0 Å². The van der Waals surface area contributed by atoms with Crippen LogP contribution >= 0.6 is 11.6 Å². The number of rotatable bonds is 1. The Hall–Kier alpha value is -0.340. The molecule has 2 unspecified atom stereocenters. The minimum atomic E-state index is -1.10. The van der Waals surface area contributed by atoms with Crippen molar-refractivity contribution in [1.82, 2.24) is 0 Å². The van der Waals surface area contributed by atoms with E-state index >= 15 is 0 Å². The molecule has 3 heteroatoms. The highest BCUT2D eigenvalue weighted by molar-refractivity contribution is 6.22. The van der Waals surface area contributed by atoms with E-state index in [9.17, 15) is 4.39 Å². The Kier molecular flexibility index (Phi) is 2.46. The van der Waals surface area contributed by atoms with Gasteiger partial charge in [-0.05, 0) is 5.57 Å². The second kappa shape index (κ2) is 3.17. The van der Waals surface area contributed by atoms with Crippen LogP contribution < -0.4 is 5.73 Å². The summed E-state index contributed by atoms with van der Waals surface area (Å²) in [6.45, 7) is 0.245. The Morgan fingerprint density at radius 3 is 2.90 bits per heavy atom. The standard InChI is InChI=1S/C7H9ClFN/c8-6-3-1-2-5(4-10)7(6)9/h1-3,6-7H,4,10H2. The average Bonchev–Trinajstić information content (AvgIpc) is 1.95. The predicted octanol–water partition coefficient (Wildman–Crippen LogP) is 1.39. The fourth-order valence-electron chi connectivity index (χ4n) is 0.860. The van der Waals surface area contributed by atoms with Crippen molar-refractivity contribution in [3.63, 3.8) is 0 Å². The van der Waals surface area contributed by atoms with Gasteiger partial charge in [-0.2, -0.15) is 0 Å². The molecular weight excluding hydrogens is 153 g/mol. The van der Waals surface area contributed by atoms with Crippen LogP contribution in [-0.4, -0.2) is 18.1 Å². The quantitative estimate of drug-likeness (QED) is 0.578. The van der Waals surface area contributed by atoms with Gasteiger partial charge in [0.25, 0.3) is 0 Å². The summed E-state index contributed by atoms with van der Waals surface area (Å²) >= 11 is 5.58. The van der Waals surface area contributed by atoms with Gasteiger partial charge in [0.1, 0.15) is 6.17 Å². The molecule has 0 aromatic rings. The zero-order valence-corrected chi connectivity index (χ0v) is 6.18. The summed E-state index contributed by atoms with van der Waals surface area (Å²) < 4.78 is 12.9. The van der Waals surface area contributed by atoms with Crippen LogP contribution in [0.15, 0.2) is 23.8 Å². The summed E-state index contributed by atoms with van der Waals surface area (Å²) in [7, 11) is 0. The van der Waals surface area contributed by atoms with E-state index < -0.39 is 11.5 Å². The van der Waals surface area contributed by atoms with Gasteiger partial charge in [0.2, 0.25) is 0 Å². The molecule has 0 aromatic carbocycles. The first kappa shape index (κ1) is 7.76. The Morgan fingerprint density at radius 2 is 2.40 bits per heavy atom. The first-order chi connectivity index (χ1) is 4.75. The fraction of sp³-hybridized carbons (Fsp3) is 0.429. The van der Waals surface area contributed by atoms with Crippen molar-refractivity contribution in [2.45, 2.75) is 11.5 Å². The van der Waals surface area contributed by atoms with Crippen molar-refractivity contribution in [2.75, 3.05) is 6.54 Å². The van der Waals surface area contributed by atoms with E-state index in [4.69, 9.17) is 17.3 Å². The monoisotopic (exact) mass is 161 g/mol. The van der Waals surface area contributed by atoms with Gasteiger partial charge < -0.3 is 5.73 Å². The first-order valence-corrected chi connectivity index (χ1v) is 3.55. The summed E-state index contributed by atoms with van der Waals surface area (Å²) in [5.74, 6) is 0. The molecule has 1 rings (SSSR count). The topological polar surface area (TPSA) is 26.0 Å². The van der Waals surface area contributed by atoms with E-state index in [1.165, 1.54) is 0 Å². The molecule has 0 saturated carbocycles. The lowest BCUT2D eigenvalue weighted by atomic mass is 10.0. The number of alkyl halides is 2. The normalized spacial score (nSPS) is 32.1. The highest BCUT2D eigenvalue weighted by Crippen LogP contribution is 2.20. The van der Waals surface area contributed by atoms with Gasteiger partial charge in [-0.15, -0.1) is 11.6 Å². The summed E-state index contributed by atoms with van der Waals surface area (Å²) in [4.78, 5) is 0. The molecule has 2 N–H and O–H groups in total. The zero-order chi connectivity index (χ0) is 7.56. The Balaban J connectivity index is 2.71. The third kappa shape index (κ3) is 1.39. The predicted molar refractivity (Wildman–Crippen MR) is 40.8 cm³/mol. The van der Waals surface area contributed by atoms with E-state index in [0.717, 1.165) is 0 Å². The molecule has 0 heterocycles. The number of nitrogens with two attached hydrogens (primary N) is 1. The van der Waals surface area contributed by atoms with Crippen LogP contribution in [0, 0.1) is 0 Å². The van der Waals surface area contributed by atoms with Gasteiger partial charge in [0, 0.05) is 6.54 Å². The molecular formula is C7H9ClFN. The Labute approximate surface area is 64.4 Å². The van der Waals surface area contributed by atoms with Gasteiger partial charge in [-0.25, -0.2) is 4.39 Å². The highest BCUT2D eigenvalue weighted by atomic mass is 35.5.